The number of carbonyl (C=O) groups excluding carboxylic acids is 4. The number of rotatable bonds is 6. The maximum absolute atomic E-state index is 15.5. The van der Waals surface area contributed by atoms with Gasteiger partial charge in [-0.3, -0.25) is 29.0 Å². The van der Waals surface area contributed by atoms with Crippen molar-refractivity contribution in [3.63, 3.8) is 0 Å². The predicted molar refractivity (Wildman–Crippen MR) is 240 cm³/mol. The van der Waals surface area contributed by atoms with E-state index in [9.17, 15) is 9.59 Å². The molecule has 0 atom stereocenters. The molecular weight excluding hydrogens is 741 g/mol. The number of benzene rings is 2. The lowest BCUT2D eigenvalue weighted by atomic mass is 9.72. The lowest BCUT2D eigenvalue weighted by Gasteiger charge is -2.40. The molecule has 6 nitrogen and oxygen atoms in total. The lowest BCUT2D eigenvalue weighted by molar-refractivity contribution is 0.0500. The highest BCUT2D eigenvalue weighted by Gasteiger charge is 2.46. The van der Waals surface area contributed by atoms with Crippen LogP contribution < -0.4 is 0 Å². The molecule has 6 aliphatic carbocycles. The summed E-state index contributed by atoms with van der Waals surface area (Å²) in [6.45, 7) is 0. The summed E-state index contributed by atoms with van der Waals surface area (Å²) in [6, 6.07) is 4.05. The first-order chi connectivity index (χ1) is 29.4. The normalized spacial score (nSPS) is 31.9. The maximum atomic E-state index is 15.5. The van der Waals surface area contributed by atoms with E-state index >= 15 is 9.59 Å². The van der Waals surface area contributed by atoms with Gasteiger partial charge >= 0.3 is 0 Å². The molecule has 0 N–H and O–H groups in total. The van der Waals surface area contributed by atoms with Crippen molar-refractivity contribution >= 4 is 34.4 Å². The van der Waals surface area contributed by atoms with Crippen molar-refractivity contribution in [2.75, 3.05) is 7.05 Å². The van der Waals surface area contributed by atoms with Gasteiger partial charge in [0, 0.05) is 35.0 Å². The van der Waals surface area contributed by atoms with Gasteiger partial charge in [-0.2, -0.15) is 0 Å². The Bertz CT molecular complexity index is 1940. The van der Waals surface area contributed by atoms with Gasteiger partial charge in [-0.15, -0.1) is 0 Å². The quantitative estimate of drug-likeness (QED) is 0.272. The second-order valence-corrected chi connectivity index (χ2v) is 21.7. The molecule has 8 aliphatic rings. The first-order valence-electron chi connectivity index (χ1n) is 25.7. The Hall–Kier alpha value is -3.02. The van der Waals surface area contributed by atoms with Gasteiger partial charge in [0.25, 0.3) is 23.6 Å². The van der Waals surface area contributed by atoms with Crippen LogP contribution >= 0.6 is 0 Å². The van der Waals surface area contributed by atoms with Crippen LogP contribution in [0.25, 0.3) is 10.8 Å². The summed E-state index contributed by atoms with van der Waals surface area (Å²) in [4.78, 5) is 63.0. The molecule has 2 aromatic carbocycles. The zero-order valence-corrected chi connectivity index (χ0v) is 37.1. The maximum Gasteiger partial charge on any atom is 0.261 e. The third-order valence-electron chi connectivity index (χ3n) is 18.6. The highest BCUT2D eigenvalue weighted by atomic mass is 16.2. The minimum absolute atomic E-state index is 0.117. The van der Waals surface area contributed by atoms with Crippen LogP contribution in [-0.4, -0.2) is 46.5 Å². The second-order valence-electron chi connectivity index (χ2n) is 21.7. The largest absolute Gasteiger partial charge is 0.277 e. The van der Waals surface area contributed by atoms with E-state index in [1.54, 1.807) is 11.9 Å². The fourth-order valence-electron chi connectivity index (χ4n) is 15.4. The van der Waals surface area contributed by atoms with Crippen LogP contribution in [0, 0.1) is 35.5 Å². The first kappa shape index (κ1) is 41.0. The van der Waals surface area contributed by atoms with Gasteiger partial charge < -0.3 is 0 Å². The molecule has 6 fully saturated rings. The molecule has 6 heteroatoms. The topological polar surface area (TPSA) is 74.8 Å². The summed E-state index contributed by atoms with van der Waals surface area (Å²) >= 11 is 0. The average molecular weight is 815 g/mol. The van der Waals surface area contributed by atoms with Crippen LogP contribution in [-0.2, 0) is 0 Å². The van der Waals surface area contributed by atoms with Crippen LogP contribution in [0.5, 0.6) is 0 Å². The van der Waals surface area contributed by atoms with E-state index in [0.29, 0.717) is 33.0 Å². The van der Waals surface area contributed by atoms with Crippen LogP contribution in [0.15, 0.2) is 12.1 Å². The predicted octanol–water partition coefficient (Wildman–Crippen LogP) is 13.7. The Morgan fingerprint density at radius 3 is 1.07 bits per heavy atom. The van der Waals surface area contributed by atoms with Crippen molar-refractivity contribution in [3.05, 3.63) is 45.5 Å². The Morgan fingerprint density at radius 2 is 0.683 bits per heavy atom. The fraction of sp³-hybridized carbons (Fsp3) is 0.741. The Balaban J connectivity index is 1.05. The van der Waals surface area contributed by atoms with E-state index in [0.717, 1.165) is 124 Å². The van der Waals surface area contributed by atoms with Crippen LogP contribution in [0.2, 0.25) is 0 Å². The zero-order chi connectivity index (χ0) is 40.9. The molecule has 60 heavy (non-hydrogen) atoms. The summed E-state index contributed by atoms with van der Waals surface area (Å²) in [5.41, 5.74) is 4.33. The molecule has 2 heterocycles. The molecule has 0 unspecified atom stereocenters. The summed E-state index contributed by atoms with van der Waals surface area (Å²) in [6.07, 6.45) is 36.3. The number of amides is 4. The van der Waals surface area contributed by atoms with Gasteiger partial charge in [-0.25, -0.2) is 0 Å². The molecule has 4 amide bonds. The molecule has 0 bridgehead atoms. The highest BCUT2D eigenvalue weighted by molar-refractivity contribution is 6.34. The molecule has 0 spiro atoms. The smallest absolute Gasteiger partial charge is 0.261 e. The van der Waals surface area contributed by atoms with E-state index in [1.807, 2.05) is 0 Å². The molecule has 0 saturated heterocycles. The van der Waals surface area contributed by atoms with Gasteiger partial charge in [0.05, 0.1) is 11.1 Å². The van der Waals surface area contributed by atoms with Gasteiger partial charge in [0.15, 0.2) is 0 Å². The Labute approximate surface area is 360 Å². The fourth-order valence-corrected chi connectivity index (χ4v) is 15.4. The molecule has 2 aromatic rings. The number of carbonyl (C=O) groups is 4. The third kappa shape index (κ3) is 7.52. The molecule has 324 valence electrons. The van der Waals surface area contributed by atoms with Crippen LogP contribution in [0.1, 0.15) is 257 Å². The molecule has 6 saturated carbocycles. The van der Waals surface area contributed by atoms with Crippen molar-refractivity contribution in [2.45, 2.75) is 211 Å². The van der Waals surface area contributed by atoms with Gasteiger partial charge in [-0.05, 0) is 109 Å². The van der Waals surface area contributed by atoms with Crippen molar-refractivity contribution in [2.24, 2.45) is 35.5 Å². The third-order valence-corrected chi connectivity index (χ3v) is 18.6. The minimum Gasteiger partial charge on any atom is -0.277 e. The molecule has 0 radical (unpaired) electrons. The van der Waals surface area contributed by atoms with Crippen LogP contribution in [0.3, 0.4) is 0 Å². The van der Waals surface area contributed by atoms with E-state index in [-0.39, 0.29) is 41.5 Å². The van der Waals surface area contributed by atoms with E-state index in [2.05, 4.69) is 12.1 Å². The summed E-state index contributed by atoms with van der Waals surface area (Å²) in [7, 11) is 1.64. The summed E-state index contributed by atoms with van der Waals surface area (Å²) in [5, 5.41) is 1.25. The molecule has 0 aromatic heterocycles. The van der Waals surface area contributed by atoms with Crippen molar-refractivity contribution in [1.29, 1.82) is 0 Å². The van der Waals surface area contributed by atoms with Crippen molar-refractivity contribution in [1.82, 2.24) is 9.80 Å². The van der Waals surface area contributed by atoms with E-state index in [4.69, 9.17) is 0 Å². The van der Waals surface area contributed by atoms with E-state index in [1.165, 1.54) is 120 Å². The minimum atomic E-state index is -0.285. The SMILES string of the molecule is CN1C(=O)c2cc(C3CCCC(C4CCCC4)CCC3)c3c4c(cc(C5CCCC(C6CCCC6)CCC5)c(c24)C1=O)C(=O)N(C1CCCC(C2CCCC2)CCC1)C3=O. The summed E-state index contributed by atoms with van der Waals surface area (Å²) in [5.74, 6) is 4.43. The molecule has 10 rings (SSSR count). The Morgan fingerprint density at radius 1 is 0.367 bits per heavy atom. The number of imide groups is 2. The summed E-state index contributed by atoms with van der Waals surface area (Å²) < 4.78 is 0. The lowest BCUT2D eigenvalue weighted by Crippen LogP contribution is -2.48. The van der Waals surface area contributed by atoms with Crippen molar-refractivity contribution < 1.29 is 19.2 Å². The van der Waals surface area contributed by atoms with E-state index < -0.39 is 0 Å². The standard InChI is InChI=1S/C54H74N2O4/c1-55-51(57)45-32-44(41-28-10-22-38(23-11-29-41)35-16-4-5-17-35)50-48-46(52(58)56(54(50)60)42-30-12-24-39(25-13-31-42)36-18-6-7-19-36)33-43(49(47(45)48)53(55)59)40-26-8-20-37(21-9-27-40)34-14-2-3-15-34/h32-42H,2-31H2,1H3. The number of hydrogen-bond acceptors (Lipinski definition) is 4. The van der Waals surface area contributed by atoms with Gasteiger partial charge in [0.2, 0.25) is 0 Å². The Kier molecular flexibility index (Phi) is 12.0. The molecular formula is C54H74N2O4. The molecule has 2 aliphatic heterocycles. The highest BCUT2D eigenvalue weighted by Crippen LogP contribution is 2.50. The zero-order valence-electron chi connectivity index (χ0n) is 37.1. The second kappa shape index (κ2) is 17.6. The average Bonchev–Trinajstić information content (AvgIpc) is 4.05. The first-order valence-corrected chi connectivity index (χ1v) is 25.7. The van der Waals surface area contributed by atoms with Crippen molar-refractivity contribution in [3.8, 4) is 0 Å². The van der Waals surface area contributed by atoms with Gasteiger partial charge in [-0.1, -0.05) is 154 Å². The van der Waals surface area contributed by atoms with Crippen LogP contribution in [0.4, 0.5) is 0 Å². The monoisotopic (exact) mass is 815 g/mol. The van der Waals surface area contributed by atoms with Gasteiger partial charge in [0.1, 0.15) is 0 Å². The number of nitrogens with zero attached hydrogens (tertiary/aromatic N) is 2. The number of hydrogen-bond donors (Lipinski definition) is 0.